The summed E-state index contributed by atoms with van der Waals surface area (Å²) in [6.45, 7) is 6.74. The van der Waals surface area contributed by atoms with Crippen molar-refractivity contribution in [3.63, 3.8) is 0 Å². The lowest BCUT2D eigenvalue weighted by Gasteiger charge is -2.09. The third-order valence-corrected chi connectivity index (χ3v) is 3.02. The van der Waals surface area contributed by atoms with Crippen LogP contribution in [-0.4, -0.2) is 37.3 Å². The molecule has 0 aromatic rings. The first-order valence-corrected chi connectivity index (χ1v) is 6.10. The predicted molar refractivity (Wildman–Crippen MR) is 59.4 cm³/mol. The van der Waals surface area contributed by atoms with Crippen molar-refractivity contribution in [2.45, 2.75) is 18.9 Å². The highest BCUT2D eigenvalue weighted by Crippen LogP contribution is 2.10. The molecule has 2 nitrogen and oxygen atoms in total. The van der Waals surface area contributed by atoms with Gasteiger partial charge >= 0.3 is 0 Å². The quantitative estimate of drug-likeness (QED) is 0.500. The fourth-order valence-electron chi connectivity index (χ4n) is 1.38. The molecular formula is C10H19NOS. The van der Waals surface area contributed by atoms with Crippen molar-refractivity contribution in [3.8, 4) is 0 Å². The summed E-state index contributed by atoms with van der Waals surface area (Å²) in [7, 11) is 0. The molecule has 13 heavy (non-hydrogen) atoms. The zero-order valence-electron chi connectivity index (χ0n) is 8.13. The second-order valence-corrected chi connectivity index (χ2v) is 4.35. The van der Waals surface area contributed by atoms with E-state index in [4.69, 9.17) is 4.74 Å². The van der Waals surface area contributed by atoms with E-state index in [0.29, 0.717) is 6.10 Å². The fourth-order valence-corrected chi connectivity index (χ4v) is 2.00. The Bertz CT molecular complexity index is 135. The Morgan fingerprint density at radius 3 is 3.23 bits per heavy atom. The minimum atomic E-state index is 0.476. The second-order valence-electron chi connectivity index (χ2n) is 3.20. The molecule has 1 saturated heterocycles. The molecule has 1 unspecified atom stereocenters. The van der Waals surface area contributed by atoms with Gasteiger partial charge in [0.15, 0.2) is 0 Å². The molecule has 0 bridgehead atoms. The minimum Gasteiger partial charge on any atom is -0.377 e. The van der Waals surface area contributed by atoms with Crippen LogP contribution in [0, 0.1) is 0 Å². The summed E-state index contributed by atoms with van der Waals surface area (Å²) in [5.74, 6) is 2.22. The lowest BCUT2D eigenvalue weighted by Crippen LogP contribution is -2.27. The zero-order chi connectivity index (χ0) is 9.36. The number of hydrogen-bond acceptors (Lipinski definition) is 3. The summed E-state index contributed by atoms with van der Waals surface area (Å²) in [5, 5.41) is 3.41. The molecule has 76 valence electrons. The Kier molecular flexibility index (Phi) is 6.33. The van der Waals surface area contributed by atoms with E-state index in [1.165, 1.54) is 18.6 Å². The first kappa shape index (κ1) is 11.1. The maximum atomic E-state index is 5.50. The standard InChI is InChI=1S/C10H19NOS/c1-2-7-13-8-5-11-9-10-4-3-6-12-10/h2,10-11H,1,3-9H2. The Morgan fingerprint density at radius 1 is 1.62 bits per heavy atom. The van der Waals surface area contributed by atoms with Crippen LogP contribution >= 0.6 is 11.8 Å². The van der Waals surface area contributed by atoms with E-state index in [1.54, 1.807) is 0 Å². The van der Waals surface area contributed by atoms with Crippen LogP contribution in [0.5, 0.6) is 0 Å². The third-order valence-electron chi connectivity index (χ3n) is 2.05. The predicted octanol–water partition coefficient (Wildman–Crippen LogP) is 1.67. The molecule has 0 aliphatic carbocycles. The largest absolute Gasteiger partial charge is 0.377 e. The van der Waals surface area contributed by atoms with Gasteiger partial charge in [-0.15, -0.1) is 6.58 Å². The summed E-state index contributed by atoms with van der Waals surface area (Å²) < 4.78 is 5.50. The Labute approximate surface area is 85.1 Å². The average Bonchev–Trinajstić information content (AvgIpc) is 2.63. The highest BCUT2D eigenvalue weighted by molar-refractivity contribution is 7.99. The number of hydrogen-bond donors (Lipinski definition) is 1. The van der Waals surface area contributed by atoms with Crippen LogP contribution in [0.25, 0.3) is 0 Å². The summed E-state index contributed by atoms with van der Waals surface area (Å²) in [4.78, 5) is 0. The van der Waals surface area contributed by atoms with Crippen LogP contribution in [0.2, 0.25) is 0 Å². The van der Waals surface area contributed by atoms with Crippen LogP contribution in [0.1, 0.15) is 12.8 Å². The van der Waals surface area contributed by atoms with E-state index in [-0.39, 0.29) is 0 Å². The van der Waals surface area contributed by atoms with Crippen molar-refractivity contribution in [3.05, 3.63) is 12.7 Å². The number of nitrogens with one attached hydrogen (secondary N) is 1. The van der Waals surface area contributed by atoms with Crippen molar-refractivity contribution in [2.24, 2.45) is 0 Å². The van der Waals surface area contributed by atoms with Crippen LogP contribution in [-0.2, 0) is 4.74 Å². The van der Waals surface area contributed by atoms with Crippen LogP contribution in [0.4, 0.5) is 0 Å². The Hall–Kier alpha value is 0.01000. The number of ether oxygens (including phenoxy) is 1. The van der Waals surface area contributed by atoms with Gasteiger partial charge < -0.3 is 10.1 Å². The molecule has 1 N–H and O–H groups in total. The van der Waals surface area contributed by atoms with Gasteiger partial charge in [0.1, 0.15) is 0 Å². The molecular weight excluding hydrogens is 182 g/mol. The van der Waals surface area contributed by atoms with Gasteiger partial charge in [0, 0.05) is 31.2 Å². The molecule has 1 rings (SSSR count). The summed E-state index contributed by atoms with van der Waals surface area (Å²) in [5.41, 5.74) is 0. The SMILES string of the molecule is C=CCSCCNCC1CCCO1. The summed E-state index contributed by atoms with van der Waals surface area (Å²) in [6, 6.07) is 0. The molecule has 1 fully saturated rings. The smallest absolute Gasteiger partial charge is 0.0700 e. The van der Waals surface area contributed by atoms with Gasteiger partial charge in [-0.25, -0.2) is 0 Å². The monoisotopic (exact) mass is 201 g/mol. The van der Waals surface area contributed by atoms with Crippen LogP contribution < -0.4 is 5.32 Å². The molecule has 1 atom stereocenters. The minimum absolute atomic E-state index is 0.476. The lowest BCUT2D eigenvalue weighted by atomic mass is 10.2. The third kappa shape index (κ3) is 5.34. The lowest BCUT2D eigenvalue weighted by molar-refractivity contribution is 0.110. The number of rotatable bonds is 7. The Morgan fingerprint density at radius 2 is 2.54 bits per heavy atom. The second kappa shape index (κ2) is 7.42. The van der Waals surface area contributed by atoms with E-state index in [2.05, 4.69) is 11.9 Å². The van der Waals surface area contributed by atoms with Gasteiger partial charge in [-0.2, -0.15) is 11.8 Å². The maximum Gasteiger partial charge on any atom is 0.0700 e. The van der Waals surface area contributed by atoms with Crippen molar-refractivity contribution >= 4 is 11.8 Å². The van der Waals surface area contributed by atoms with Crippen LogP contribution in [0.3, 0.4) is 0 Å². The van der Waals surface area contributed by atoms with Gasteiger partial charge in [-0.05, 0) is 12.8 Å². The van der Waals surface area contributed by atoms with Gasteiger partial charge in [0.25, 0.3) is 0 Å². The molecule has 3 heteroatoms. The molecule has 0 saturated carbocycles. The first-order valence-electron chi connectivity index (χ1n) is 4.94. The van der Waals surface area contributed by atoms with Gasteiger partial charge in [-0.3, -0.25) is 0 Å². The van der Waals surface area contributed by atoms with E-state index in [1.807, 2.05) is 17.8 Å². The Balaban J connectivity index is 1.80. The fraction of sp³-hybridized carbons (Fsp3) is 0.800. The van der Waals surface area contributed by atoms with Gasteiger partial charge in [-0.1, -0.05) is 6.08 Å². The van der Waals surface area contributed by atoms with Crippen molar-refractivity contribution < 1.29 is 4.74 Å². The zero-order valence-corrected chi connectivity index (χ0v) is 8.94. The maximum absolute atomic E-state index is 5.50. The van der Waals surface area contributed by atoms with E-state index in [0.717, 1.165) is 25.4 Å². The van der Waals surface area contributed by atoms with E-state index in [9.17, 15) is 0 Å². The average molecular weight is 201 g/mol. The normalized spacial score (nSPS) is 22.0. The van der Waals surface area contributed by atoms with Crippen molar-refractivity contribution in [1.29, 1.82) is 0 Å². The molecule has 0 radical (unpaired) electrons. The van der Waals surface area contributed by atoms with Crippen molar-refractivity contribution in [1.82, 2.24) is 5.32 Å². The molecule has 1 heterocycles. The topological polar surface area (TPSA) is 21.3 Å². The summed E-state index contributed by atoms with van der Waals surface area (Å²) in [6.07, 6.45) is 4.89. The first-order chi connectivity index (χ1) is 6.43. The summed E-state index contributed by atoms with van der Waals surface area (Å²) >= 11 is 1.91. The van der Waals surface area contributed by atoms with E-state index < -0.39 is 0 Å². The molecule has 0 spiro atoms. The molecule has 0 aromatic carbocycles. The number of thioether (sulfide) groups is 1. The molecule has 1 aliphatic rings. The highest BCUT2D eigenvalue weighted by atomic mass is 32.2. The molecule has 0 aromatic heterocycles. The van der Waals surface area contributed by atoms with Crippen molar-refractivity contribution in [2.75, 3.05) is 31.2 Å². The van der Waals surface area contributed by atoms with Crippen LogP contribution in [0.15, 0.2) is 12.7 Å². The molecule has 1 aliphatic heterocycles. The van der Waals surface area contributed by atoms with Gasteiger partial charge in [0.05, 0.1) is 6.10 Å². The molecule has 0 amide bonds. The highest BCUT2D eigenvalue weighted by Gasteiger charge is 2.13. The van der Waals surface area contributed by atoms with Gasteiger partial charge in [0.2, 0.25) is 0 Å². The van der Waals surface area contributed by atoms with E-state index >= 15 is 0 Å².